The number of hydrogen-bond donors (Lipinski definition) is 1. The second kappa shape index (κ2) is 4.71. The molecular weight excluding hydrogens is 230 g/mol. The first-order valence-corrected chi connectivity index (χ1v) is 6.24. The van der Waals surface area contributed by atoms with Gasteiger partial charge in [0, 0.05) is 0 Å². The number of hydrogen-bond acceptors (Lipinski definition) is 4. The molecule has 0 amide bonds. The van der Waals surface area contributed by atoms with Crippen molar-refractivity contribution in [3.05, 3.63) is 23.8 Å². The van der Waals surface area contributed by atoms with Crippen molar-refractivity contribution in [1.29, 1.82) is 0 Å². The number of benzene rings is 1. The van der Waals surface area contributed by atoms with Gasteiger partial charge in [-0.2, -0.15) is 0 Å². The number of methoxy groups -OCH3 is 2. The SMILES string of the molecule is COc1ccc(C(C)S(N)(=O)=O)cc1OC. The van der Waals surface area contributed by atoms with Crippen molar-refractivity contribution in [3.63, 3.8) is 0 Å². The lowest BCUT2D eigenvalue weighted by Crippen LogP contribution is -2.19. The zero-order valence-electron chi connectivity index (χ0n) is 9.43. The molecule has 5 nitrogen and oxygen atoms in total. The average Bonchev–Trinajstić information content (AvgIpc) is 2.25. The van der Waals surface area contributed by atoms with Crippen LogP contribution in [0.2, 0.25) is 0 Å². The molecule has 6 heteroatoms. The fourth-order valence-electron chi connectivity index (χ4n) is 1.30. The lowest BCUT2D eigenvalue weighted by molar-refractivity contribution is 0.354. The summed E-state index contributed by atoms with van der Waals surface area (Å²) in [5.41, 5.74) is 0.570. The van der Waals surface area contributed by atoms with Gasteiger partial charge in [0.1, 0.15) is 0 Å². The fourth-order valence-corrected chi connectivity index (χ4v) is 1.82. The van der Waals surface area contributed by atoms with Gasteiger partial charge in [0.25, 0.3) is 0 Å². The van der Waals surface area contributed by atoms with E-state index in [9.17, 15) is 8.42 Å². The lowest BCUT2D eigenvalue weighted by atomic mass is 10.1. The molecule has 0 aromatic heterocycles. The third kappa shape index (κ3) is 2.65. The van der Waals surface area contributed by atoms with E-state index in [1.165, 1.54) is 21.1 Å². The van der Waals surface area contributed by atoms with Crippen molar-refractivity contribution in [2.45, 2.75) is 12.2 Å². The third-order valence-corrected chi connectivity index (χ3v) is 3.63. The molecule has 16 heavy (non-hydrogen) atoms. The molecule has 1 aromatic rings. The van der Waals surface area contributed by atoms with Gasteiger partial charge in [0.05, 0.1) is 19.5 Å². The highest BCUT2D eigenvalue weighted by Crippen LogP contribution is 2.31. The molecule has 0 heterocycles. The van der Waals surface area contributed by atoms with Gasteiger partial charge >= 0.3 is 0 Å². The van der Waals surface area contributed by atoms with E-state index >= 15 is 0 Å². The van der Waals surface area contributed by atoms with Gasteiger partial charge in [-0.25, -0.2) is 13.6 Å². The molecular formula is C10H15NO4S. The molecule has 1 aromatic carbocycles. The molecule has 0 aliphatic heterocycles. The smallest absolute Gasteiger partial charge is 0.215 e. The van der Waals surface area contributed by atoms with E-state index in [4.69, 9.17) is 14.6 Å². The highest BCUT2D eigenvalue weighted by Gasteiger charge is 2.19. The van der Waals surface area contributed by atoms with Crippen LogP contribution in [0.1, 0.15) is 17.7 Å². The second-order valence-electron chi connectivity index (χ2n) is 3.35. The summed E-state index contributed by atoms with van der Waals surface area (Å²) in [4.78, 5) is 0. The molecule has 1 atom stereocenters. The topological polar surface area (TPSA) is 78.6 Å². The van der Waals surface area contributed by atoms with Gasteiger partial charge in [0.15, 0.2) is 11.5 Å². The van der Waals surface area contributed by atoms with Gasteiger partial charge in [-0.05, 0) is 24.6 Å². The maximum Gasteiger partial charge on any atom is 0.215 e. The lowest BCUT2D eigenvalue weighted by Gasteiger charge is -2.13. The Morgan fingerprint density at radius 1 is 1.19 bits per heavy atom. The number of sulfonamides is 1. The van der Waals surface area contributed by atoms with Crippen LogP contribution < -0.4 is 14.6 Å². The zero-order chi connectivity index (χ0) is 12.3. The van der Waals surface area contributed by atoms with Crippen molar-refractivity contribution in [2.75, 3.05) is 14.2 Å². The Labute approximate surface area is 95.2 Å². The number of ether oxygens (including phenoxy) is 2. The van der Waals surface area contributed by atoms with Crippen LogP contribution in [-0.4, -0.2) is 22.6 Å². The number of nitrogens with two attached hydrogens (primary N) is 1. The first kappa shape index (κ1) is 12.8. The Balaban J connectivity index is 3.18. The Morgan fingerprint density at radius 2 is 1.75 bits per heavy atom. The van der Waals surface area contributed by atoms with Gasteiger partial charge < -0.3 is 9.47 Å². The van der Waals surface area contributed by atoms with Gasteiger partial charge in [-0.15, -0.1) is 0 Å². The van der Waals surface area contributed by atoms with Crippen LogP contribution in [0.5, 0.6) is 11.5 Å². The van der Waals surface area contributed by atoms with E-state index in [0.29, 0.717) is 17.1 Å². The highest BCUT2D eigenvalue weighted by molar-refractivity contribution is 7.89. The van der Waals surface area contributed by atoms with E-state index in [2.05, 4.69) is 0 Å². The Hall–Kier alpha value is -1.27. The maximum absolute atomic E-state index is 11.2. The summed E-state index contributed by atoms with van der Waals surface area (Å²) >= 11 is 0. The highest BCUT2D eigenvalue weighted by atomic mass is 32.2. The fraction of sp³-hybridized carbons (Fsp3) is 0.400. The Bertz CT molecular complexity index is 470. The van der Waals surface area contributed by atoms with E-state index in [-0.39, 0.29) is 0 Å². The van der Waals surface area contributed by atoms with Gasteiger partial charge in [-0.1, -0.05) is 6.07 Å². The molecule has 90 valence electrons. The summed E-state index contributed by atoms with van der Waals surface area (Å²) in [6.45, 7) is 1.52. The van der Waals surface area contributed by atoms with Gasteiger partial charge in [-0.3, -0.25) is 0 Å². The van der Waals surface area contributed by atoms with Crippen molar-refractivity contribution in [2.24, 2.45) is 5.14 Å². The average molecular weight is 245 g/mol. The second-order valence-corrected chi connectivity index (χ2v) is 5.23. The summed E-state index contributed by atoms with van der Waals surface area (Å²) in [5.74, 6) is 1.03. The first-order valence-electron chi connectivity index (χ1n) is 4.63. The van der Waals surface area contributed by atoms with E-state index in [0.717, 1.165) is 0 Å². The summed E-state index contributed by atoms with van der Waals surface area (Å²) < 4.78 is 32.5. The Morgan fingerprint density at radius 3 is 2.19 bits per heavy atom. The summed E-state index contributed by atoms with van der Waals surface area (Å²) in [6.07, 6.45) is 0. The number of rotatable bonds is 4. The van der Waals surface area contributed by atoms with E-state index in [1.807, 2.05) is 0 Å². The normalized spacial score (nSPS) is 13.2. The zero-order valence-corrected chi connectivity index (χ0v) is 10.2. The molecule has 0 saturated carbocycles. The van der Waals surface area contributed by atoms with E-state index in [1.54, 1.807) is 18.2 Å². The molecule has 2 N–H and O–H groups in total. The molecule has 0 aliphatic carbocycles. The first-order chi connectivity index (χ1) is 7.40. The third-order valence-electron chi connectivity index (χ3n) is 2.37. The summed E-state index contributed by atoms with van der Waals surface area (Å²) in [5, 5.41) is 4.30. The van der Waals surface area contributed by atoms with E-state index < -0.39 is 15.3 Å². The van der Waals surface area contributed by atoms with Crippen molar-refractivity contribution in [1.82, 2.24) is 0 Å². The van der Waals surface area contributed by atoms with Crippen LogP contribution in [0.4, 0.5) is 0 Å². The standard InChI is InChI=1S/C10H15NO4S/c1-7(16(11,12)13)8-4-5-9(14-2)10(6-8)15-3/h4-7H,1-3H3,(H2,11,12,13). The van der Waals surface area contributed by atoms with Crippen molar-refractivity contribution < 1.29 is 17.9 Å². The molecule has 0 fully saturated rings. The molecule has 0 aliphatic rings. The van der Waals surface area contributed by atoms with Crippen LogP contribution >= 0.6 is 0 Å². The maximum atomic E-state index is 11.2. The summed E-state index contributed by atoms with van der Waals surface area (Å²) in [6, 6.07) is 4.90. The monoisotopic (exact) mass is 245 g/mol. The largest absolute Gasteiger partial charge is 0.493 e. The van der Waals surface area contributed by atoms with Crippen LogP contribution in [0.15, 0.2) is 18.2 Å². The molecule has 0 spiro atoms. The summed E-state index contributed by atoms with van der Waals surface area (Å²) in [7, 11) is -0.593. The molecule has 0 saturated heterocycles. The molecule has 0 bridgehead atoms. The minimum Gasteiger partial charge on any atom is -0.493 e. The minimum absolute atomic E-state index is 0.482. The van der Waals surface area contributed by atoms with Crippen LogP contribution in [0, 0.1) is 0 Å². The predicted octanol–water partition coefficient (Wildman–Crippen LogP) is 1.05. The van der Waals surface area contributed by atoms with Gasteiger partial charge in [0.2, 0.25) is 10.0 Å². The molecule has 1 rings (SSSR count). The molecule has 0 radical (unpaired) electrons. The predicted molar refractivity (Wildman–Crippen MR) is 61.1 cm³/mol. The number of primary sulfonamides is 1. The molecule has 1 unspecified atom stereocenters. The van der Waals surface area contributed by atoms with Crippen molar-refractivity contribution >= 4 is 10.0 Å². The quantitative estimate of drug-likeness (QED) is 0.860. The van der Waals surface area contributed by atoms with Crippen LogP contribution in [0.3, 0.4) is 0 Å². The van der Waals surface area contributed by atoms with Crippen LogP contribution in [0.25, 0.3) is 0 Å². The van der Waals surface area contributed by atoms with Crippen LogP contribution in [-0.2, 0) is 10.0 Å². The minimum atomic E-state index is -3.60. The Kier molecular flexibility index (Phi) is 3.77. The van der Waals surface area contributed by atoms with Crippen molar-refractivity contribution in [3.8, 4) is 11.5 Å².